The van der Waals surface area contributed by atoms with E-state index in [1.54, 1.807) is 25.4 Å². The highest BCUT2D eigenvalue weighted by Gasteiger charge is 2.17. The van der Waals surface area contributed by atoms with Crippen molar-refractivity contribution in [2.24, 2.45) is 0 Å². The first kappa shape index (κ1) is 15.5. The van der Waals surface area contributed by atoms with Gasteiger partial charge in [-0.15, -0.1) is 0 Å². The lowest BCUT2D eigenvalue weighted by molar-refractivity contribution is 0.392. The molecule has 0 amide bonds. The highest BCUT2D eigenvalue weighted by molar-refractivity contribution is 5.36. The molecule has 0 aliphatic heterocycles. The molecule has 0 unspecified atom stereocenters. The Balaban J connectivity index is 2.12. The molecule has 1 heterocycles. The van der Waals surface area contributed by atoms with E-state index in [2.05, 4.69) is 28.7 Å². The Morgan fingerprint density at radius 2 is 2.10 bits per heavy atom. The third-order valence-electron chi connectivity index (χ3n) is 3.54. The molecule has 0 bridgehead atoms. The van der Waals surface area contributed by atoms with Gasteiger partial charge in [0.05, 0.1) is 13.7 Å². The van der Waals surface area contributed by atoms with E-state index in [0.717, 1.165) is 5.82 Å². The van der Waals surface area contributed by atoms with E-state index in [1.807, 2.05) is 13.1 Å². The van der Waals surface area contributed by atoms with Gasteiger partial charge in [0.1, 0.15) is 17.4 Å². The summed E-state index contributed by atoms with van der Waals surface area (Å²) in [4.78, 5) is 4.34. The van der Waals surface area contributed by atoms with Crippen LogP contribution in [0.4, 0.5) is 4.39 Å². The summed E-state index contributed by atoms with van der Waals surface area (Å²) in [6.45, 7) is 6.70. The van der Waals surface area contributed by atoms with Gasteiger partial charge in [-0.25, -0.2) is 9.37 Å². The van der Waals surface area contributed by atoms with Crippen molar-refractivity contribution in [3.8, 4) is 5.75 Å². The quantitative estimate of drug-likeness (QED) is 0.886. The van der Waals surface area contributed by atoms with Crippen molar-refractivity contribution < 1.29 is 9.13 Å². The van der Waals surface area contributed by atoms with Gasteiger partial charge < -0.3 is 14.6 Å². The second-order valence-electron chi connectivity index (χ2n) is 5.30. The summed E-state index contributed by atoms with van der Waals surface area (Å²) < 4.78 is 21.4. The maximum absolute atomic E-state index is 14.0. The minimum atomic E-state index is -0.262. The molecule has 114 valence electrons. The third kappa shape index (κ3) is 3.42. The van der Waals surface area contributed by atoms with E-state index in [4.69, 9.17) is 4.74 Å². The monoisotopic (exact) mass is 291 g/mol. The molecule has 2 rings (SSSR count). The Morgan fingerprint density at radius 1 is 1.33 bits per heavy atom. The number of nitrogens with one attached hydrogen (secondary N) is 1. The van der Waals surface area contributed by atoms with Crippen molar-refractivity contribution >= 4 is 0 Å². The van der Waals surface area contributed by atoms with Gasteiger partial charge in [0.25, 0.3) is 0 Å². The number of benzene rings is 1. The number of imidazole rings is 1. The standard InChI is InChI=1S/C16H22FN3O/c1-11(2)20-9-8-18-15(20)10-19-12(3)16-13(17)6-5-7-14(16)21-4/h5-9,11-12,19H,10H2,1-4H3/t12-/m0/s1. The lowest BCUT2D eigenvalue weighted by Crippen LogP contribution is -2.22. The number of aromatic nitrogens is 2. The van der Waals surface area contributed by atoms with Crippen LogP contribution in [0.25, 0.3) is 0 Å². The summed E-state index contributed by atoms with van der Waals surface area (Å²) in [6.07, 6.45) is 3.74. The molecule has 0 aliphatic rings. The fraction of sp³-hybridized carbons (Fsp3) is 0.438. The Hall–Kier alpha value is -1.88. The lowest BCUT2D eigenvalue weighted by atomic mass is 10.1. The second kappa shape index (κ2) is 6.72. The number of halogens is 1. The van der Waals surface area contributed by atoms with Gasteiger partial charge in [0.15, 0.2) is 0 Å². The molecule has 4 nitrogen and oxygen atoms in total. The van der Waals surface area contributed by atoms with E-state index < -0.39 is 0 Å². The Labute approximate surface area is 125 Å². The molecular weight excluding hydrogens is 269 g/mol. The first-order valence-corrected chi connectivity index (χ1v) is 7.12. The summed E-state index contributed by atoms with van der Waals surface area (Å²) in [7, 11) is 1.55. The molecule has 0 saturated carbocycles. The second-order valence-corrected chi connectivity index (χ2v) is 5.30. The van der Waals surface area contributed by atoms with Crippen LogP contribution in [0.5, 0.6) is 5.75 Å². The van der Waals surface area contributed by atoms with Crippen LogP contribution < -0.4 is 10.1 Å². The predicted molar refractivity (Wildman–Crippen MR) is 80.8 cm³/mol. The lowest BCUT2D eigenvalue weighted by Gasteiger charge is -2.19. The van der Waals surface area contributed by atoms with Crippen molar-refractivity contribution in [1.82, 2.24) is 14.9 Å². The Bertz CT molecular complexity index is 595. The van der Waals surface area contributed by atoms with Gasteiger partial charge >= 0.3 is 0 Å². The maximum Gasteiger partial charge on any atom is 0.131 e. The molecule has 1 atom stereocenters. The molecule has 0 spiro atoms. The molecular formula is C16H22FN3O. The van der Waals surface area contributed by atoms with Gasteiger partial charge in [-0.1, -0.05) is 6.07 Å². The number of methoxy groups -OCH3 is 1. The topological polar surface area (TPSA) is 39.1 Å². The normalized spacial score (nSPS) is 12.7. The molecule has 1 aromatic carbocycles. The summed E-state index contributed by atoms with van der Waals surface area (Å²) >= 11 is 0. The summed E-state index contributed by atoms with van der Waals surface area (Å²) in [5, 5.41) is 3.31. The summed E-state index contributed by atoms with van der Waals surface area (Å²) in [5.74, 6) is 1.23. The highest BCUT2D eigenvalue weighted by atomic mass is 19.1. The zero-order chi connectivity index (χ0) is 15.4. The average Bonchev–Trinajstić information content (AvgIpc) is 2.93. The van der Waals surface area contributed by atoms with E-state index in [1.165, 1.54) is 6.07 Å². The number of nitrogens with zero attached hydrogens (tertiary/aromatic N) is 2. The molecule has 5 heteroatoms. The van der Waals surface area contributed by atoms with Crippen molar-refractivity contribution in [2.45, 2.75) is 39.4 Å². The third-order valence-corrected chi connectivity index (χ3v) is 3.54. The van der Waals surface area contributed by atoms with Gasteiger partial charge in [0.2, 0.25) is 0 Å². The van der Waals surface area contributed by atoms with Gasteiger partial charge in [-0.05, 0) is 32.9 Å². The van der Waals surface area contributed by atoms with Crippen LogP contribution in [0.1, 0.15) is 44.2 Å². The predicted octanol–water partition coefficient (Wildman–Crippen LogP) is 3.46. The summed E-state index contributed by atoms with van der Waals surface area (Å²) in [5.41, 5.74) is 0.544. The molecule has 1 aromatic heterocycles. The minimum Gasteiger partial charge on any atom is -0.496 e. The molecule has 1 N–H and O–H groups in total. The maximum atomic E-state index is 14.0. The van der Waals surface area contributed by atoms with Gasteiger partial charge in [-0.2, -0.15) is 0 Å². The molecule has 21 heavy (non-hydrogen) atoms. The van der Waals surface area contributed by atoms with Crippen LogP contribution in [-0.4, -0.2) is 16.7 Å². The smallest absolute Gasteiger partial charge is 0.131 e. The molecule has 0 fully saturated rings. The first-order chi connectivity index (χ1) is 10.0. The van der Waals surface area contributed by atoms with E-state index in [0.29, 0.717) is 23.9 Å². The van der Waals surface area contributed by atoms with Crippen LogP contribution in [0.15, 0.2) is 30.6 Å². The fourth-order valence-corrected chi connectivity index (χ4v) is 2.41. The molecule has 0 aliphatic carbocycles. The number of hydrogen-bond donors (Lipinski definition) is 1. The molecule has 0 saturated heterocycles. The molecule has 2 aromatic rings. The van der Waals surface area contributed by atoms with Crippen LogP contribution in [0.2, 0.25) is 0 Å². The van der Waals surface area contributed by atoms with Crippen LogP contribution >= 0.6 is 0 Å². The van der Waals surface area contributed by atoms with E-state index in [9.17, 15) is 4.39 Å². The average molecular weight is 291 g/mol. The SMILES string of the molecule is COc1cccc(F)c1[C@H](C)NCc1nccn1C(C)C. The fourth-order valence-electron chi connectivity index (χ4n) is 2.41. The molecule has 0 radical (unpaired) electrons. The van der Waals surface area contributed by atoms with Crippen molar-refractivity contribution in [2.75, 3.05) is 7.11 Å². The summed E-state index contributed by atoms with van der Waals surface area (Å²) in [6, 6.07) is 5.05. The van der Waals surface area contributed by atoms with E-state index >= 15 is 0 Å². The zero-order valence-corrected chi connectivity index (χ0v) is 12.9. The zero-order valence-electron chi connectivity index (χ0n) is 12.9. The van der Waals surface area contributed by atoms with Crippen LogP contribution in [0.3, 0.4) is 0 Å². The number of ether oxygens (including phenoxy) is 1. The first-order valence-electron chi connectivity index (χ1n) is 7.12. The van der Waals surface area contributed by atoms with Crippen LogP contribution in [0, 0.1) is 5.82 Å². The van der Waals surface area contributed by atoms with Gasteiger partial charge in [-0.3, -0.25) is 0 Å². The van der Waals surface area contributed by atoms with E-state index in [-0.39, 0.29) is 11.9 Å². The largest absolute Gasteiger partial charge is 0.496 e. The van der Waals surface area contributed by atoms with Crippen molar-refractivity contribution in [3.05, 3.63) is 47.8 Å². The minimum absolute atomic E-state index is 0.168. The number of hydrogen-bond acceptors (Lipinski definition) is 3. The van der Waals surface area contributed by atoms with Crippen LogP contribution in [-0.2, 0) is 6.54 Å². The Morgan fingerprint density at radius 3 is 2.76 bits per heavy atom. The van der Waals surface area contributed by atoms with Gasteiger partial charge in [0, 0.05) is 30.0 Å². The Kier molecular flexibility index (Phi) is 4.96. The van der Waals surface area contributed by atoms with Crippen molar-refractivity contribution in [1.29, 1.82) is 0 Å². The van der Waals surface area contributed by atoms with Crippen molar-refractivity contribution in [3.63, 3.8) is 0 Å². The number of rotatable bonds is 6. The highest BCUT2D eigenvalue weighted by Crippen LogP contribution is 2.27.